The Morgan fingerprint density at radius 1 is 1.00 bits per heavy atom. The molecule has 6 heteroatoms. The van der Waals surface area contributed by atoms with Crippen LogP contribution >= 0.6 is 34.5 Å². The summed E-state index contributed by atoms with van der Waals surface area (Å²) < 4.78 is 0. The lowest BCUT2D eigenvalue weighted by Gasteiger charge is -2.35. The van der Waals surface area contributed by atoms with Gasteiger partial charge in [0.2, 0.25) is 0 Å². The molecule has 0 N–H and O–H groups in total. The Bertz CT molecular complexity index is 873. The summed E-state index contributed by atoms with van der Waals surface area (Å²) in [6, 6.07) is 11.6. The maximum Gasteiger partial charge on any atom is 0.125 e. The molecule has 3 aromatic rings. The highest BCUT2D eigenvalue weighted by Gasteiger charge is 2.40. The Morgan fingerprint density at radius 3 is 2.68 bits per heavy atom. The molecule has 1 aromatic carbocycles. The molecule has 0 saturated carbocycles. The van der Waals surface area contributed by atoms with E-state index >= 15 is 0 Å². The van der Waals surface area contributed by atoms with Gasteiger partial charge >= 0.3 is 0 Å². The Labute approximate surface area is 161 Å². The average Bonchev–Trinajstić information content (AvgIpc) is 3.16. The van der Waals surface area contributed by atoms with Crippen LogP contribution in [0.2, 0.25) is 10.0 Å². The fraction of sp³-hybridized carbons (Fsp3) is 0.263. The third-order valence-electron chi connectivity index (χ3n) is 4.53. The van der Waals surface area contributed by atoms with Crippen molar-refractivity contribution >= 4 is 34.5 Å². The zero-order valence-corrected chi connectivity index (χ0v) is 15.8. The van der Waals surface area contributed by atoms with Gasteiger partial charge in [-0.25, -0.2) is 10.3 Å². The van der Waals surface area contributed by atoms with Crippen LogP contribution in [0.5, 0.6) is 0 Å². The van der Waals surface area contributed by atoms with E-state index in [1.807, 2.05) is 36.5 Å². The first-order valence-electron chi connectivity index (χ1n) is 8.21. The second kappa shape index (κ2) is 7.04. The molecule has 1 fully saturated rings. The number of piperidine rings is 1. The van der Waals surface area contributed by atoms with Gasteiger partial charge in [0.15, 0.2) is 0 Å². The lowest BCUT2D eigenvalue weighted by atomic mass is 9.83. The van der Waals surface area contributed by atoms with Gasteiger partial charge in [-0.05, 0) is 37.5 Å². The highest BCUT2D eigenvalue weighted by atomic mass is 35.5. The maximum absolute atomic E-state index is 6.37. The minimum Gasteiger partial charge on any atom is -0.259 e. The molecule has 0 unspecified atom stereocenters. The van der Waals surface area contributed by atoms with Crippen molar-refractivity contribution in [1.29, 1.82) is 0 Å². The van der Waals surface area contributed by atoms with Crippen molar-refractivity contribution in [1.82, 2.24) is 15.3 Å². The first-order valence-corrected chi connectivity index (χ1v) is 9.85. The normalized spacial score (nSPS) is 20.6. The number of nitrogens with zero attached hydrogens (tertiary/aromatic N) is 3. The standard InChI is InChI=1S/C19H16Cl2N3S/c20-14-7-5-6-13(17(14)21)18-24-16(12-25-18)19(9-2-4-11-23-19)15-8-1-3-10-22-15/h1,3,5-8,10,12H,2,4,9,11H2/t19-/m0/s1. The van der Waals surface area contributed by atoms with E-state index in [0.717, 1.165) is 47.8 Å². The third kappa shape index (κ3) is 3.08. The van der Waals surface area contributed by atoms with E-state index in [9.17, 15) is 0 Å². The molecule has 1 saturated heterocycles. The van der Waals surface area contributed by atoms with Gasteiger partial charge in [-0.3, -0.25) is 4.98 Å². The van der Waals surface area contributed by atoms with E-state index in [1.165, 1.54) is 0 Å². The SMILES string of the molecule is Clc1cccc(-c2nc([C@@]3(c4ccccn4)CCCC[N]3)cs2)c1Cl. The molecule has 0 aliphatic carbocycles. The minimum atomic E-state index is -0.459. The van der Waals surface area contributed by atoms with Crippen LogP contribution in [-0.4, -0.2) is 16.5 Å². The molecule has 1 aliphatic heterocycles. The number of thiazole rings is 1. The summed E-state index contributed by atoms with van der Waals surface area (Å²) in [5.41, 5.74) is 2.31. The molecule has 1 aliphatic rings. The van der Waals surface area contributed by atoms with Gasteiger partial charge in [0, 0.05) is 23.7 Å². The molecule has 25 heavy (non-hydrogen) atoms. The summed E-state index contributed by atoms with van der Waals surface area (Å²) in [7, 11) is 0. The lowest BCUT2D eigenvalue weighted by Crippen LogP contribution is -2.42. The number of benzene rings is 1. The summed E-state index contributed by atoms with van der Waals surface area (Å²) in [6.07, 6.45) is 4.98. The molecule has 2 aromatic heterocycles. The molecule has 0 amide bonds. The Hall–Kier alpha value is -1.46. The lowest BCUT2D eigenvalue weighted by molar-refractivity contribution is 0.289. The van der Waals surface area contributed by atoms with E-state index in [0.29, 0.717) is 10.0 Å². The third-order valence-corrected chi connectivity index (χ3v) is 6.22. The molecule has 1 radical (unpaired) electrons. The summed E-state index contributed by atoms with van der Waals surface area (Å²) in [4.78, 5) is 9.48. The van der Waals surface area contributed by atoms with Crippen molar-refractivity contribution in [3.8, 4) is 10.6 Å². The predicted molar refractivity (Wildman–Crippen MR) is 103 cm³/mol. The van der Waals surface area contributed by atoms with Crippen LogP contribution in [0.3, 0.4) is 0 Å². The van der Waals surface area contributed by atoms with Crippen molar-refractivity contribution < 1.29 is 0 Å². The molecule has 0 bridgehead atoms. The summed E-state index contributed by atoms with van der Waals surface area (Å²) >= 11 is 14.1. The van der Waals surface area contributed by atoms with Crippen LogP contribution in [0.15, 0.2) is 48.0 Å². The minimum absolute atomic E-state index is 0.459. The average molecular weight is 389 g/mol. The molecular weight excluding hydrogens is 373 g/mol. The molecule has 1 atom stereocenters. The number of halogens is 2. The van der Waals surface area contributed by atoms with Crippen LogP contribution in [-0.2, 0) is 5.54 Å². The van der Waals surface area contributed by atoms with Gasteiger partial charge in [0.25, 0.3) is 0 Å². The second-order valence-corrected chi connectivity index (χ2v) is 7.70. The molecule has 4 rings (SSSR count). The van der Waals surface area contributed by atoms with Gasteiger partial charge in [-0.1, -0.05) is 41.4 Å². The largest absolute Gasteiger partial charge is 0.259 e. The molecule has 0 spiro atoms. The fourth-order valence-corrected chi connectivity index (χ4v) is 4.62. The monoisotopic (exact) mass is 388 g/mol. The van der Waals surface area contributed by atoms with Crippen molar-refractivity contribution in [3.63, 3.8) is 0 Å². The summed E-state index contributed by atoms with van der Waals surface area (Å²) in [6.45, 7) is 0.835. The summed E-state index contributed by atoms with van der Waals surface area (Å²) in [5, 5.41) is 8.99. The number of rotatable bonds is 3. The van der Waals surface area contributed by atoms with E-state index < -0.39 is 5.54 Å². The molecular formula is C19H16Cl2N3S. The van der Waals surface area contributed by atoms with Crippen LogP contribution < -0.4 is 5.32 Å². The van der Waals surface area contributed by atoms with E-state index in [2.05, 4.69) is 10.4 Å². The smallest absolute Gasteiger partial charge is 0.125 e. The van der Waals surface area contributed by atoms with Crippen LogP contribution in [0.1, 0.15) is 30.7 Å². The van der Waals surface area contributed by atoms with Gasteiger partial charge in [0.05, 0.1) is 21.4 Å². The van der Waals surface area contributed by atoms with Crippen LogP contribution in [0.4, 0.5) is 0 Å². The quantitative estimate of drug-likeness (QED) is 0.590. The van der Waals surface area contributed by atoms with Crippen LogP contribution in [0.25, 0.3) is 10.6 Å². The Kier molecular flexibility index (Phi) is 4.78. The number of hydrogen-bond acceptors (Lipinski definition) is 3. The Balaban J connectivity index is 1.80. The highest BCUT2D eigenvalue weighted by molar-refractivity contribution is 7.13. The van der Waals surface area contributed by atoms with Crippen molar-refractivity contribution in [3.05, 3.63) is 69.4 Å². The number of hydrogen-bond donors (Lipinski definition) is 0. The maximum atomic E-state index is 6.37. The van der Waals surface area contributed by atoms with Crippen molar-refractivity contribution in [2.45, 2.75) is 24.8 Å². The fourth-order valence-electron chi connectivity index (χ4n) is 3.25. The second-order valence-electron chi connectivity index (χ2n) is 6.05. The van der Waals surface area contributed by atoms with E-state index in [4.69, 9.17) is 33.5 Å². The van der Waals surface area contributed by atoms with Gasteiger partial charge in [0.1, 0.15) is 10.5 Å². The van der Waals surface area contributed by atoms with Gasteiger partial charge < -0.3 is 0 Å². The first kappa shape index (κ1) is 17.0. The van der Waals surface area contributed by atoms with Gasteiger partial charge in [-0.15, -0.1) is 11.3 Å². The Morgan fingerprint density at radius 2 is 1.92 bits per heavy atom. The van der Waals surface area contributed by atoms with Crippen molar-refractivity contribution in [2.75, 3.05) is 6.54 Å². The molecule has 127 valence electrons. The zero-order chi connectivity index (χ0) is 17.3. The molecule has 3 heterocycles. The van der Waals surface area contributed by atoms with E-state index in [-0.39, 0.29) is 0 Å². The van der Waals surface area contributed by atoms with Crippen LogP contribution in [0, 0.1) is 0 Å². The van der Waals surface area contributed by atoms with E-state index in [1.54, 1.807) is 17.4 Å². The molecule has 3 nitrogen and oxygen atoms in total. The highest BCUT2D eigenvalue weighted by Crippen LogP contribution is 2.41. The van der Waals surface area contributed by atoms with Crippen molar-refractivity contribution in [2.24, 2.45) is 0 Å². The topological polar surface area (TPSA) is 39.9 Å². The zero-order valence-electron chi connectivity index (χ0n) is 13.5. The number of aromatic nitrogens is 2. The predicted octanol–water partition coefficient (Wildman–Crippen LogP) is 5.54. The summed E-state index contributed by atoms with van der Waals surface area (Å²) in [5.74, 6) is 0. The first-order chi connectivity index (χ1) is 12.2. The number of pyridine rings is 1. The van der Waals surface area contributed by atoms with Gasteiger partial charge in [-0.2, -0.15) is 0 Å².